The van der Waals surface area contributed by atoms with Crippen LogP contribution in [-0.4, -0.2) is 27.4 Å². The zero-order chi connectivity index (χ0) is 22.6. The van der Waals surface area contributed by atoms with E-state index in [0.29, 0.717) is 5.56 Å². The van der Waals surface area contributed by atoms with Gasteiger partial charge in [-0.1, -0.05) is 44.0 Å². The summed E-state index contributed by atoms with van der Waals surface area (Å²) in [4.78, 5) is 12.4. The monoisotopic (exact) mass is 438 g/mol. The van der Waals surface area contributed by atoms with E-state index in [1.165, 1.54) is 30.3 Å². The van der Waals surface area contributed by atoms with Gasteiger partial charge in [0.2, 0.25) is 10.0 Å². The number of benzene rings is 2. The van der Waals surface area contributed by atoms with E-state index in [-0.39, 0.29) is 23.5 Å². The Morgan fingerprint density at radius 3 is 2.33 bits per heavy atom. The van der Waals surface area contributed by atoms with Gasteiger partial charge in [0, 0.05) is 17.5 Å². The van der Waals surface area contributed by atoms with Gasteiger partial charge in [-0.05, 0) is 29.8 Å². The Morgan fingerprint density at radius 1 is 1.07 bits per heavy atom. The van der Waals surface area contributed by atoms with Gasteiger partial charge in [0.15, 0.2) is 0 Å². The molecule has 2 rings (SSSR count). The van der Waals surface area contributed by atoms with E-state index in [1.807, 2.05) is 0 Å². The molecule has 2 aromatic carbocycles. The molecule has 0 saturated carbocycles. The highest BCUT2D eigenvalue weighted by atomic mass is 32.2. The Morgan fingerprint density at radius 2 is 1.70 bits per heavy atom. The number of hydrogen-bond acceptors (Lipinski definition) is 3. The van der Waals surface area contributed by atoms with Gasteiger partial charge in [0.05, 0.1) is 17.0 Å². The molecule has 0 aliphatic rings. The van der Waals surface area contributed by atoms with Crippen LogP contribution in [-0.2, 0) is 21.6 Å². The van der Waals surface area contributed by atoms with Crippen LogP contribution in [0.25, 0.3) is 0 Å². The van der Waals surface area contributed by atoms with Crippen LogP contribution in [0.15, 0.2) is 53.4 Å². The van der Waals surface area contributed by atoms with Crippen LogP contribution in [0.1, 0.15) is 35.3 Å². The standard InChI is InChI=1S/C21H21F3N2O3S/c1-4-11-26-30(28,29)18-10-5-7-15(12-18)19(27)25-14-20(2,3)16-8-6-9-17(13-16)21(22,23)24/h1,5-10,12-13,26H,11,14H2,2-3H3,(H,25,27). The average Bonchev–Trinajstić information content (AvgIpc) is 2.70. The highest BCUT2D eigenvalue weighted by molar-refractivity contribution is 7.89. The molecule has 0 fully saturated rings. The predicted molar refractivity (Wildman–Crippen MR) is 107 cm³/mol. The molecule has 160 valence electrons. The summed E-state index contributed by atoms with van der Waals surface area (Å²) in [5.74, 6) is 1.60. The van der Waals surface area contributed by atoms with Crippen molar-refractivity contribution < 1.29 is 26.4 Å². The summed E-state index contributed by atoms with van der Waals surface area (Å²) in [7, 11) is -3.86. The van der Waals surface area contributed by atoms with Crippen molar-refractivity contribution in [2.45, 2.75) is 30.3 Å². The van der Waals surface area contributed by atoms with E-state index in [0.717, 1.165) is 12.1 Å². The topological polar surface area (TPSA) is 75.3 Å². The normalized spacial score (nSPS) is 12.3. The summed E-state index contributed by atoms with van der Waals surface area (Å²) >= 11 is 0. The van der Waals surface area contributed by atoms with Crippen LogP contribution in [0, 0.1) is 12.3 Å². The van der Waals surface area contributed by atoms with Crippen LogP contribution in [0.3, 0.4) is 0 Å². The Hall–Kier alpha value is -2.83. The number of terminal acetylenes is 1. The van der Waals surface area contributed by atoms with Crippen molar-refractivity contribution in [3.63, 3.8) is 0 Å². The van der Waals surface area contributed by atoms with Crippen LogP contribution in [0.2, 0.25) is 0 Å². The zero-order valence-electron chi connectivity index (χ0n) is 16.4. The first kappa shape index (κ1) is 23.4. The second-order valence-electron chi connectivity index (χ2n) is 7.20. The fraction of sp³-hybridized carbons (Fsp3) is 0.286. The lowest BCUT2D eigenvalue weighted by atomic mass is 9.83. The third-order valence-corrected chi connectivity index (χ3v) is 5.83. The van der Waals surface area contributed by atoms with Crippen LogP contribution in [0.5, 0.6) is 0 Å². The van der Waals surface area contributed by atoms with Gasteiger partial charge in [-0.15, -0.1) is 6.42 Å². The Labute approximate surface area is 173 Å². The van der Waals surface area contributed by atoms with Crippen molar-refractivity contribution in [1.29, 1.82) is 0 Å². The van der Waals surface area contributed by atoms with Gasteiger partial charge < -0.3 is 5.32 Å². The molecule has 0 aliphatic heterocycles. The summed E-state index contributed by atoms with van der Waals surface area (Å²) in [6, 6.07) is 10.3. The predicted octanol–water partition coefficient (Wildman–Crippen LogP) is 3.32. The molecule has 0 saturated heterocycles. The maximum atomic E-state index is 13.0. The molecule has 2 N–H and O–H groups in total. The number of halogens is 3. The number of nitrogens with one attached hydrogen (secondary N) is 2. The van der Waals surface area contributed by atoms with Gasteiger partial charge in [-0.2, -0.15) is 17.9 Å². The molecule has 0 aliphatic carbocycles. The van der Waals surface area contributed by atoms with Gasteiger partial charge in [0.25, 0.3) is 5.91 Å². The molecule has 0 heterocycles. The number of carbonyl (C=O) groups excluding carboxylic acids is 1. The fourth-order valence-electron chi connectivity index (χ4n) is 2.65. The number of hydrogen-bond donors (Lipinski definition) is 2. The molecule has 0 atom stereocenters. The van der Waals surface area contributed by atoms with E-state index in [9.17, 15) is 26.4 Å². The minimum atomic E-state index is -4.46. The molecular weight excluding hydrogens is 417 g/mol. The third kappa shape index (κ3) is 5.84. The lowest BCUT2D eigenvalue weighted by Gasteiger charge is -2.26. The highest BCUT2D eigenvalue weighted by Crippen LogP contribution is 2.32. The van der Waals surface area contributed by atoms with Gasteiger partial charge in [-0.3, -0.25) is 4.79 Å². The Kier molecular flexibility index (Phi) is 6.95. The number of alkyl halides is 3. The maximum Gasteiger partial charge on any atom is 0.416 e. The first-order valence-electron chi connectivity index (χ1n) is 8.86. The third-order valence-electron chi connectivity index (χ3n) is 4.43. The molecule has 0 spiro atoms. The van der Waals surface area contributed by atoms with Crippen molar-refractivity contribution >= 4 is 15.9 Å². The van der Waals surface area contributed by atoms with Crippen molar-refractivity contribution in [3.05, 3.63) is 65.2 Å². The van der Waals surface area contributed by atoms with Crippen LogP contribution in [0.4, 0.5) is 13.2 Å². The number of carbonyl (C=O) groups is 1. The smallest absolute Gasteiger partial charge is 0.351 e. The van der Waals surface area contributed by atoms with Crippen molar-refractivity contribution in [2.75, 3.05) is 13.1 Å². The number of rotatable bonds is 7. The number of amides is 1. The second-order valence-corrected chi connectivity index (χ2v) is 8.97. The summed E-state index contributed by atoms with van der Waals surface area (Å²) < 4.78 is 65.4. The van der Waals surface area contributed by atoms with Crippen molar-refractivity contribution in [1.82, 2.24) is 10.0 Å². The van der Waals surface area contributed by atoms with Gasteiger partial charge >= 0.3 is 6.18 Å². The largest absolute Gasteiger partial charge is 0.416 e. The van der Waals surface area contributed by atoms with E-state index in [4.69, 9.17) is 6.42 Å². The maximum absolute atomic E-state index is 13.0. The lowest BCUT2D eigenvalue weighted by Crippen LogP contribution is -2.37. The molecule has 9 heteroatoms. The minimum Gasteiger partial charge on any atom is -0.351 e. The second kappa shape index (κ2) is 8.90. The van der Waals surface area contributed by atoms with Crippen LogP contribution < -0.4 is 10.0 Å². The molecule has 30 heavy (non-hydrogen) atoms. The van der Waals surface area contributed by atoms with Crippen molar-refractivity contribution in [3.8, 4) is 12.3 Å². The van der Waals surface area contributed by atoms with Crippen molar-refractivity contribution in [2.24, 2.45) is 0 Å². The highest BCUT2D eigenvalue weighted by Gasteiger charge is 2.32. The summed E-state index contributed by atoms with van der Waals surface area (Å²) in [6.45, 7) is 3.25. The fourth-order valence-corrected chi connectivity index (χ4v) is 3.63. The molecule has 1 amide bonds. The Bertz CT molecular complexity index is 1070. The number of sulfonamides is 1. The van der Waals surface area contributed by atoms with Crippen LogP contribution >= 0.6 is 0 Å². The molecule has 2 aromatic rings. The molecule has 5 nitrogen and oxygen atoms in total. The average molecular weight is 438 g/mol. The molecular formula is C21H21F3N2O3S. The quantitative estimate of drug-likeness (QED) is 0.652. The Balaban J connectivity index is 2.16. The first-order chi connectivity index (χ1) is 13.9. The SMILES string of the molecule is C#CCNS(=O)(=O)c1cccc(C(=O)NCC(C)(C)c2cccc(C(F)(F)F)c2)c1. The summed E-state index contributed by atoms with van der Waals surface area (Å²) in [6.07, 6.45) is 0.586. The minimum absolute atomic E-state index is 0.0411. The lowest BCUT2D eigenvalue weighted by molar-refractivity contribution is -0.137. The van der Waals surface area contributed by atoms with E-state index in [1.54, 1.807) is 19.9 Å². The molecule has 0 radical (unpaired) electrons. The molecule has 0 aromatic heterocycles. The molecule has 0 bridgehead atoms. The van der Waals surface area contributed by atoms with Gasteiger partial charge in [0.1, 0.15) is 0 Å². The van der Waals surface area contributed by atoms with E-state index >= 15 is 0 Å². The zero-order valence-corrected chi connectivity index (χ0v) is 17.2. The van der Waals surface area contributed by atoms with Gasteiger partial charge in [-0.25, -0.2) is 8.42 Å². The van der Waals surface area contributed by atoms with E-state index < -0.39 is 33.1 Å². The van der Waals surface area contributed by atoms with E-state index in [2.05, 4.69) is 16.0 Å². The summed E-state index contributed by atoms with van der Waals surface area (Å²) in [5.41, 5.74) is -1.06. The molecule has 0 unspecified atom stereocenters. The first-order valence-corrected chi connectivity index (χ1v) is 10.3. The summed E-state index contributed by atoms with van der Waals surface area (Å²) in [5, 5.41) is 2.65.